The van der Waals surface area contributed by atoms with Crippen LogP contribution >= 0.6 is 0 Å². The first-order chi connectivity index (χ1) is 5.56. The number of nitrogens with one attached hydrogen (secondary N) is 1. The highest BCUT2D eigenvalue weighted by Crippen LogP contribution is 1.88. The van der Waals surface area contributed by atoms with E-state index in [-0.39, 0.29) is 5.78 Å². The molecule has 0 radical (unpaired) electrons. The fraction of sp³-hybridized carbons (Fsp3) is 0.500. The minimum absolute atomic E-state index is 0.107. The molecule has 0 aromatic rings. The maximum atomic E-state index is 10.7. The molecule has 4 heteroatoms. The van der Waals surface area contributed by atoms with Crippen molar-refractivity contribution in [3.05, 3.63) is 11.8 Å². The highest BCUT2D eigenvalue weighted by Gasteiger charge is 1.99. The Morgan fingerprint density at radius 3 is 2.42 bits per heavy atom. The van der Waals surface area contributed by atoms with Crippen LogP contribution in [0.25, 0.3) is 0 Å². The Kier molecular flexibility index (Phi) is 4.76. The van der Waals surface area contributed by atoms with Gasteiger partial charge in [-0.3, -0.25) is 10.1 Å². The molecular formula is C8H13NO3. The molecule has 0 aromatic heterocycles. The second-order valence-electron chi connectivity index (χ2n) is 2.28. The van der Waals surface area contributed by atoms with Crippen molar-refractivity contribution in [3.63, 3.8) is 0 Å². The van der Waals surface area contributed by atoms with E-state index in [0.29, 0.717) is 12.3 Å². The zero-order chi connectivity index (χ0) is 9.56. The highest BCUT2D eigenvalue weighted by molar-refractivity contribution is 5.88. The summed E-state index contributed by atoms with van der Waals surface area (Å²) < 4.78 is 4.59. The average molecular weight is 171 g/mol. The van der Waals surface area contributed by atoms with E-state index in [0.717, 1.165) is 0 Å². The summed E-state index contributed by atoms with van der Waals surface area (Å²) in [6.45, 7) is 5.07. The van der Waals surface area contributed by atoms with Crippen LogP contribution in [0.2, 0.25) is 0 Å². The van der Waals surface area contributed by atoms with Gasteiger partial charge in [-0.15, -0.1) is 0 Å². The van der Waals surface area contributed by atoms with Gasteiger partial charge in [-0.1, -0.05) is 0 Å². The predicted molar refractivity (Wildman–Crippen MR) is 44.6 cm³/mol. The maximum absolute atomic E-state index is 10.7. The van der Waals surface area contributed by atoms with Crippen molar-refractivity contribution in [1.82, 2.24) is 5.32 Å². The third-order valence-electron chi connectivity index (χ3n) is 0.994. The smallest absolute Gasteiger partial charge is 0.411 e. The van der Waals surface area contributed by atoms with Crippen LogP contribution in [0, 0.1) is 0 Å². The summed E-state index contributed by atoms with van der Waals surface area (Å²) in [5.41, 5.74) is 0.487. The molecular weight excluding hydrogens is 158 g/mol. The molecule has 0 heterocycles. The number of rotatable bonds is 3. The van der Waals surface area contributed by atoms with Crippen LogP contribution in [0.4, 0.5) is 4.79 Å². The molecule has 0 aliphatic carbocycles. The summed E-state index contributed by atoms with van der Waals surface area (Å²) in [6, 6.07) is 0. The lowest BCUT2D eigenvalue weighted by atomic mass is 10.3. The second kappa shape index (κ2) is 5.35. The van der Waals surface area contributed by atoms with Gasteiger partial charge in [-0.25, -0.2) is 4.79 Å². The Morgan fingerprint density at radius 2 is 2.00 bits per heavy atom. The van der Waals surface area contributed by atoms with Gasteiger partial charge >= 0.3 is 6.09 Å². The van der Waals surface area contributed by atoms with Crippen molar-refractivity contribution >= 4 is 11.9 Å². The van der Waals surface area contributed by atoms with E-state index in [2.05, 4.69) is 10.1 Å². The quantitative estimate of drug-likeness (QED) is 0.649. The molecule has 0 spiro atoms. The van der Waals surface area contributed by atoms with Crippen LogP contribution in [0.15, 0.2) is 11.8 Å². The van der Waals surface area contributed by atoms with Crippen molar-refractivity contribution < 1.29 is 14.3 Å². The molecule has 0 aliphatic heterocycles. The number of hydrogen-bond acceptors (Lipinski definition) is 3. The zero-order valence-electron chi connectivity index (χ0n) is 7.51. The lowest BCUT2D eigenvalue weighted by molar-refractivity contribution is -0.112. The van der Waals surface area contributed by atoms with Crippen LogP contribution in [-0.2, 0) is 9.53 Å². The van der Waals surface area contributed by atoms with Gasteiger partial charge in [0.15, 0.2) is 5.78 Å². The molecule has 0 bridgehead atoms. The van der Waals surface area contributed by atoms with Gasteiger partial charge < -0.3 is 4.74 Å². The number of carbonyl (C=O) groups is 2. The Balaban J connectivity index is 3.91. The SMILES string of the molecule is CCOC(=O)N/C(C)=C/C(C)=O. The fourth-order valence-electron chi connectivity index (χ4n) is 0.669. The Morgan fingerprint density at radius 1 is 1.42 bits per heavy atom. The van der Waals surface area contributed by atoms with E-state index in [1.807, 2.05) is 0 Å². The number of ether oxygens (including phenoxy) is 1. The standard InChI is InChI=1S/C8H13NO3/c1-4-12-8(11)9-6(2)5-7(3)10/h5H,4H2,1-3H3,(H,9,11)/b6-5+. The van der Waals surface area contributed by atoms with Crippen molar-refractivity contribution in [3.8, 4) is 0 Å². The van der Waals surface area contributed by atoms with Gasteiger partial charge in [0, 0.05) is 5.70 Å². The summed E-state index contributed by atoms with van der Waals surface area (Å²) in [5.74, 6) is -0.107. The van der Waals surface area contributed by atoms with E-state index in [4.69, 9.17) is 0 Å². The molecule has 1 amide bonds. The molecule has 12 heavy (non-hydrogen) atoms. The summed E-state index contributed by atoms with van der Waals surface area (Å²) >= 11 is 0. The number of allylic oxidation sites excluding steroid dienone is 2. The maximum Gasteiger partial charge on any atom is 0.411 e. The molecule has 1 N–H and O–H groups in total. The predicted octanol–water partition coefficient (Wildman–Crippen LogP) is 1.23. The molecule has 0 atom stereocenters. The van der Waals surface area contributed by atoms with E-state index >= 15 is 0 Å². The van der Waals surface area contributed by atoms with Crippen molar-refractivity contribution in [2.45, 2.75) is 20.8 Å². The molecule has 4 nitrogen and oxygen atoms in total. The molecule has 0 aliphatic rings. The van der Waals surface area contributed by atoms with E-state index in [9.17, 15) is 9.59 Å². The van der Waals surface area contributed by atoms with Gasteiger partial charge in [0.05, 0.1) is 6.61 Å². The first kappa shape index (κ1) is 10.7. The lowest BCUT2D eigenvalue weighted by Crippen LogP contribution is -2.22. The van der Waals surface area contributed by atoms with Crippen LogP contribution in [0.1, 0.15) is 20.8 Å². The normalized spacial score (nSPS) is 10.8. The van der Waals surface area contributed by atoms with Crippen LogP contribution in [0.5, 0.6) is 0 Å². The first-order valence-electron chi connectivity index (χ1n) is 3.69. The number of carbonyl (C=O) groups excluding carboxylic acids is 2. The molecule has 0 saturated carbocycles. The largest absolute Gasteiger partial charge is 0.450 e. The van der Waals surface area contributed by atoms with Crippen LogP contribution in [-0.4, -0.2) is 18.5 Å². The average Bonchev–Trinajstić information content (AvgIpc) is 1.84. The van der Waals surface area contributed by atoms with Gasteiger partial charge in [0.25, 0.3) is 0 Å². The molecule has 0 saturated heterocycles. The molecule has 0 aromatic carbocycles. The molecule has 0 rings (SSSR count). The van der Waals surface area contributed by atoms with E-state index in [1.165, 1.54) is 13.0 Å². The summed E-state index contributed by atoms with van der Waals surface area (Å²) in [5, 5.41) is 2.39. The van der Waals surface area contributed by atoms with E-state index in [1.54, 1.807) is 13.8 Å². The summed E-state index contributed by atoms with van der Waals surface area (Å²) in [4.78, 5) is 21.3. The number of hydrogen-bond donors (Lipinski definition) is 1. The Labute approximate surface area is 71.6 Å². The summed E-state index contributed by atoms with van der Waals surface area (Å²) in [6.07, 6.45) is 0.796. The molecule has 0 unspecified atom stereocenters. The Bertz CT molecular complexity index is 208. The zero-order valence-corrected chi connectivity index (χ0v) is 7.51. The monoisotopic (exact) mass is 171 g/mol. The van der Waals surface area contributed by atoms with Gasteiger partial charge in [0.1, 0.15) is 0 Å². The lowest BCUT2D eigenvalue weighted by Gasteiger charge is -2.03. The van der Waals surface area contributed by atoms with Crippen molar-refractivity contribution in [2.24, 2.45) is 0 Å². The second-order valence-corrected chi connectivity index (χ2v) is 2.28. The third-order valence-corrected chi connectivity index (χ3v) is 0.994. The first-order valence-corrected chi connectivity index (χ1v) is 3.69. The fourth-order valence-corrected chi connectivity index (χ4v) is 0.669. The van der Waals surface area contributed by atoms with Gasteiger partial charge in [-0.05, 0) is 26.8 Å². The van der Waals surface area contributed by atoms with Crippen LogP contribution in [0.3, 0.4) is 0 Å². The van der Waals surface area contributed by atoms with Crippen molar-refractivity contribution in [1.29, 1.82) is 0 Å². The van der Waals surface area contributed by atoms with Gasteiger partial charge in [-0.2, -0.15) is 0 Å². The minimum Gasteiger partial charge on any atom is -0.450 e. The summed E-state index contributed by atoms with van der Waals surface area (Å²) in [7, 11) is 0. The van der Waals surface area contributed by atoms with Crippen LogP contribution < -0.4 is 5.32 Å². The topological polar surface area (TPSA) is 55.4 Å². The Hall–Kier alpha value is -1.32. The minimum atomic E-state index is -0.535. The third kappa shape index (κ3) is 5.46. The van der Waals surface area contributed by atoms with Gasteiger partial charge in [0.2, 0.25) is 0 Å². The number of ketones is 1. The van der Waals surface area contributed by atoms with Crippen molar-refractivity contribution in [2.75, 3.05) is 6.61 Å². The van der Waals surface area contributed by atoms with E-state index < -0.39 is 6.09 Å². The number of alkyl carbamates (subject to hydrolysis) is 1. The number of amides is 1. The highest BCUT2D eigenvalue weighted by atomic mass is 16.5. The molecule has 68 valence electrons. The molecule has 0 fully saturated rings.